The summed E-state index contributed by atoms with van der Waals surface area (Å²) in [5.74, 6) is 2.73. The number of fused-ring (bicyclic) bond motifs is 1. The van der Waals surface area contributed by atoms with Crippen LogP contribution in [0.15, 0.2) is 47.5 Å². The number of benzene rings is 2. The van der Waals surface area contributed by atoms with Gasteiger partial charge >= 0.3 is 0 Å². The molecule has 0 saturated carbocycles. The summed E-state index contributed by atoms with van der Waals surface area (Å²) >= 11 is 0. The first kappa shape index (κ1) is 19.7. The second kappa shape index (κ2) is 9.26. The van der Waals surface area contributed by atoms with Gasteiger partial charge in [-0.15, -0.1) is 0 Å². The molecule has 1 heterocycles. The molecule has 2 N–H and O–H groups in total. The SMILES string of the molecule is CN=C(NCCCn1c(C)nc2ccccc21)NCc1ccc(C)cc1OC. The molecule has 0 radical (unpaired) electrons. The van der Waals surface area contributed by atoms with Crippen LogP contribution < -0.4 is 15.4 Å². The minimum absolute atomic E-state index is 0.661. The zero-order valence-electron chi connectivity index (χ0n) is 17.1. The molecule has 148 valence electrons. The average molecular weight is 380 g/mol. The summed E-state index contributed by atoms with van der Waals surface area (Å²) in [4.78, 5) is 8.94. The van der Waals surface area contributed by atoms with Gasteiger partial charge in [0, 0.05) is 32.2 Å². The van der Waals surface area contributed by atoms with Gasteiger partial charge in [0.25, 0.3) is 0 Å². The molecule has 28 heavy (non-hydrogen) atoms. The average Bonchev–Trinajstić information content (AvgIpc) is 3.03. The minimum atomic E-state index is 0.661. The molecule has 0 saturated heterocycles. The maximum atomic E-state index is 5.47. The third-order valence-corrected chi connectivity index (χ3v) is 4.81. The molecule has 6 heteroatoms. The van der Waals surface area contributed by atoms with Crippen molar-refractivity contribution < 1.29 is 4.74 Å². The third kappa shape index (κ3) is 4.63. The Labute approximate surface area is 166 Å². The third-order valence-electron chi connectivity index (χ3n) is 4.81. The largest absolute Gasteiger partial charge is 0.496 e. The Bertz CT molecular complexity index is 961. The first-order valence-electron chi connectivity index (χ1n) is 9.62. The van der Waals surface area contributed by atoms with Crippen molar-refractivity contribution in [1.82, 2.24) is 20.2 Å². The predicted molar refractivity (Wildman–Crippen MR) is 115 cm³/mol. The molecule has 0 aliphatic heterocycles. The van der Waals surface area contributed by atoms with Crippen LogP contribution >= 0.6 is 0 Å². The zero-order valence-corrected chi connectivity index (χ0v) is 17.1. The second-order valence-electron chi connectivity index (χ2n) is 6.82. The highest BCUT2D eigenvalue weighted by molar-refractivity contribution is 5.79. The van der Waals surface area contributed by atoms with Gasteiger partial charge in [0.05, 0.1) is 18.1 Å². The van der Waals surface area contributed by atoms with E-state index in [1.54, 1.807) is 14.2 Å². The molecule has 0 atom stereocenters. The van der Waals surface area contributed by atoms with E-state index in [1.807, 2.05) is 12.1 Å². The van der Waals surface area contributed by atoms with Gasteiger partial charge in [0.1, 0.15) is 11.6 Å². The number of methoxy groups -OCH3 is 1. The van der Waals surface area contributed by atoms with Gasteiger partial charge in [-0.05, 0) is 44.0 Å². The molecular formula is C22H29N5O. The van der Waals surface area contributed by atoms with Crippen molar-refractivity contribution in [3.8, 4) is 5.75 Å². The Morgan fingerprint density at radius 2 is 1.96 bits per heavy atom. The van der Waals surface area contributed by atoms with Gasteiger partial charge in [-0.2, -0.15) is 0 Å². The number of hydrogen-bond donors (Lipinski definition) is 2. The number of hydrogen-bond acceptors (Lipinski definition) is 3. The lowest BCUT2D eigenvalue weighted by Crippen LogP contribution is -2.37. The number of aryl methyl sites for hydroxylation is 3. The van der Waals surface area contributed by atoms with Crippen LogP contribution in [-0.4, -0.2) is 36.2 Å². The Balaban J connectivity index is 1.50. The number of imidazole rings is 1. The van der Waals surface area contributed by atoms with E-state index in [2.05, 4.69) is 69.4 Å². The molecule has 0 bridgehead atoms. The lowest BCUT2D eigenvalue weighted by molar-refractivity contribution is 0.408. The summed E-state index contributed by atoms with van der Waals surface area (Å²) in [5.41, 5.74) is 4.54. The maximum Gasteiger partial charge on any atom is 0.191 e. The van der Waals surface area contributed by atoms with E-state index in [-0.39, 0.29) is 0 Å². The Morgan fingerprint density at radius 3 is 2.75 bits per heavy atom. The summed E-state index contributed by atoms with van der Waals surface area (Å²) in [6.45, 7) is 6.53. The molecule has 0 spiro atoms. The number of ether oxygens (including phenoxy) is 1. The summed E-state index contributed by atoms with van der Waals surface area (Å²) in [5, 5.41) is 6.74. The van der Waals surface area contributed by atoms with Crippen molar-refractivity contribution in [2.75, 3.05) is 20.7 Å². The fourth-order valence-corrected chi connectivity index (χ4v) is 3.32. The molecule has 0 fully saturated rings. The molecule has 6 nitrogen and oxygen atoms in total. The predicted octanol–water partition coefficient (Wildman–Crippen LogP) is 3.42. The van der Waals surface area contributed by atoms with Crippen LogP contribution in [0.3, 0.4) is 0 Å². The fraction of sp³-hybridized carbons (Fsp3) is 0.364. The van der Waals surface area contributed by atoms with Crippen LogP contribution in [0.5, 0.6) is 5.75 Å². The number of nitrogens with zero attached hydrogens (tertiary/aromatic N) is 3. The van der Waals surface area contributed by atoms with Gasteiger partial charge in [-0.3, -0.25) is 4.99 Å². The highest BCUT2D eigenvalue weighted by atomic mass is 16.5. The van der Waals surface area contributed by atoms with Crippen LogP contribution in [-0.2, 0) is 13.1 Å². The quantitative estimate of drug-likeness (QED) is 0.375. The van der Waals surface area contributed by atoms with Crippen molar-refractivity contribution in [3.05, 3.63) is 59.4 Å². The molecule has 0 unspecified atom stereocenters. The number of aromatic nitrogens is 2. The van der Waals surface area contributed by atoms with Crippen LogP contribution in [0.25, 0.3) is 11.0 Å². The Hall–Kier alpha value is -3.02. The molecular weight excluding hydrogens is 350 g/mol. The van der Waals surface area contributed by atoms with E-state index in [0.29, 0.717) is 6.54 Å². The summed E-state index contributed by atoms with van der Waals surface area (Å²) in [7, 11) is 3.49. The molecule has 0 aliphatic carbocycles. The van der Waals surface area contributed by atoms with Crippen LogP contribution in [0.4, 0.5) is 0 Å². The summed E-state index contributed by atoms with van der Waals surface area (Å²) < 4.78 is 7.74. The highest BCUT2D eigenvalue weighted by Crippen LogP contribution is 2.19. The Kier molecular flexibility index (Phi) is 6.53. The maximum absolute atomic E-state index is 5.47. The van der Waals surface area contributed by atoms with Gasteiger partial charge < -0.3 is 19.9 Å². The van der Waals surface area contributed by atoms with Gasteiger partial charge in [-0.1, -0.05) is 24.3 Å². The van der Waals surface area contributed by atoms with Gasteiger partial charge in [-0.25, -0.2) is 4.98 Å². The zero-order chi connectivity index (χ0) is 19.9. The van der Waals surface area contributed by atoms with Crippen LogP contribution in [0.2, 0.25) is 0 Å². The lowest BCUT2D eigenvalue weighted by Gasteiger charge is -2.14. The fourth-order valence-electron chi connectivity index (χ4n) is 3.32. The van der Waals surface area contributed by atoms with E-state index >= 15 is 0 Å². The van der Waals surface area contributed by atoms with E-state index < -0.39 is 0 Å². The van der Waals surface area contributed by atoms with Crippen molar-refractivity contribution in [1.29, 1.82) is 0 Å². The topological polar surface area (TPSA) is 63.5 Å². The number of para-hydroxylation sites is 2. The summed E-state index contributed by atoms with van der Waals surface area (Å²) in [6.07, 6.45) is 0.982. The first-order chi connectivity index (χ1) is 13.6. The molecule has 0 amide bonds. The van der Waals surface area contributed by atoms with Crippen LogP contribution in [0, 0.1) is 13.8 Å². The highest BCUT2D eigenvalue weighted by Gasteiger charge is 2.07. The first-order valence-corrected chi connectivity index (χ1v) is 9.62. The lowest BCUT2D eigenvalue weighted by atomic mass is 10.1. The van der Waals surface area contributed by atoms with E-state index in [4.69, 9.17) is 4.74 Å². The summed E-state index contributed by atoms with van der Waals surface area (Å²) in [6, 6.07) is 14.5. The molecule has 3 aromatic rings. The molecule has 1 aromatic heterocycles. The van der Waals surface area contributed by atoms with Crippen molar-refractivity contribution in [3.63, 3.8) is 0 Å². The van der Waals surface area contributed by atoms with E-state index in [1.165, 1.54) is 11.1 Å². The van der Waals surface area contributed by atoms with Crippen LogP contribution in [0.1, 0.15) is 23.4 Å². The van der Waals surface area contributed by atoms with Crippen molar-refractivity contribution >= 4 is 17.0 Å². The van der Waals surface area contributed by atoms with E-state index in [9.17, 15) is 0 Å². The van der Waals surface area contributed by atoms with Gasteiger partial charge in [0.15, 0.2) is 5.96 Å². The van der Waals surface area contributed by atoms with Crippen molar-refractivity contribution in [2.24, 2.45) is 4.99 Å². The number of guanidine groups is 1. The van der Waals surface area contributed by atoms with Gasteiger partial charge in [0.2, 0.25) is 0 Å². The van der Waals surface area contributed by atoms with Crippen molar-refractivity contribution in [2.45, 2.75) is 33.4 Å². The number of aliphatic imine (C=N–C) groups is 1. The second-order valence-corrected chi connectivity index (χ2v) is 6.82. The molecule has 0 aliphatic rings. The smallest absolute Gasteiger partial charge is 0.191 e. The normalized spacial score (nSPS) is 11.6. The standard InChI is InChI=1S/C22H29N5O/c1-16-10-11-18(21(14-16)28-4)15-25-22(23-3)24-12-7-13-27-17(2)26-19-8-5-6-9-20(19)27/h5-6,8-11,14H,7,12-13,15H2,1-4H3,(H2,23,24,25). The van der Waals surface area contributed by atoms with E-state index in [0.717, 1.165) is 48.1 Å². The molecule has 3 rings (SSSR count). The number of nitrogens with one attached hydrogen (secondary N) is 2. The Morgan fingerprint density at radius 1 is 1.14 bits per heavy atom. The minimum Gasteiger partial charge on any atom is -0.496 e. The number of rotatable bonds is 7. The monoisotopic (exact) mass is 379 g/mol. The molecule has 2 aromatic carbocycles.